The molecule has 2 N–H and O–H groups in total. The molecule has 20 heavy (non-hydrogen) atoms. The van der Waals surface area contributed by atoms with Crippen LogP contribution in [0.15, 0.2) is 48.5 Å². The predicted molar refractivity (Wildman–Crippen MR) is 71.1 cm³/mol. The fourth-order valence-electron chi connectivity index (χ4n) is 1.71. The Balaban J connectivity index is 2.22. The van der Waals surface area contributed by atoms with Crippen molar-refractivity contribution in [2.45, 2.75) is 6.61 Å². The third-order valence-corrected chi connectivity index (χ3v) is 2.64. The quantitative estimate of drug-likeness (QED) is 0.874. The molecule has 2 rings (SSSR count). The van der Waals surface area contributed by atoms with Gasteiger partial charge >= 0.3 is 11.9 Å². The highest BCUT2D eigenvalue weighted by Crippen LogP contribution is 2.15. The smallest absolute Gasteiger partial charge is 0.335 e. The molecular formula is C15H12O5. The van der Waals surface area contributed by atoms with Crippen molar-refractivity contribution in [3.05, 3.63) is 65.2 Å². The van der Waals surface area contributed by atoms with Gasteiger partial charge in [-0.2, -0.15) is 0 Å². The highest BCUT2D eigenvalue weighted by atomic mass is 16.5. The predicted octanol–water partition coefficient (Wildman–Crippen LogP) is 2.66. The lowest BCUT2D eigenvalue weighted by Gasteiger charge is -2.08. The van der Waals surface area contributed by atoms with E-state index in [9.17, 15) is 9.59 Å². The van der Waals surface area contributed by atoms with E-state index in [0.717, 1.165) is 6.07 Å². The summed E-state index contributed by atoms with van der Waals surface area (Å²) in [5.41, 5.74) is 0.347. The number of carboxylic acids is 2. The number of aromatic carboxylic acids is 2. The van der Waals surface area contributed by atoms with Gasteiger partial charge in [-0.1, -0.05) is 18.2 Å². The van der Waals surface area contributed by atoms with Gasteiger partial charge in [0.1, 0.15) is 12.4 Å². The van der Waals surface area contributed by atoms with Gasteiger partial charge in [-0.05, 0) is 35.9 Å². The van der Waals surface area contributed by atoms with Crippen molar-refractivity contribution in [2.75, 3.05) is 0 Å². The van der Waals surface area contributed by atoms with E-state index in [1.165, 1.54) is 12.1 Å². The lowest BCUT2D eigenvalue weighted by Crippen LogP contribution is -2.05. The summed E-state index contributed by atoms with van der Waals surface area (Å²) in [6.45, 7) is 0.103. The molecular weight excluding hydrogens is 260 g/mol. The molecule has 0 radical (unpaired) electrons. The van der Waals surface area contributed by atoms with E-state index < -0.39 is 11.9 Å². The summed E-state index contributed by atoms with van der Waals surface area (Å²) in [6, 6.07) is 12.9. The van der Waals surface area contributed by atoms with Crippen LogP contribution in [0.4, 0.5) is 0 Å². The molecule has 5 heteroatoms. The fraction of sp³-hybridized carbons (Fsp3) is 0.0667. The lowest BCUT2D eigenvalue weighted by molar-refractivity contribution is 0.0696. The normalized spacial score (nSPS) is 10.0. The van der Waals surface area contributed by atoms with Gasteiger partial charge in [0.05, 0.1) is 11.1 Å². The largest absolute Gasteiger partial charge is 0.489 e. The zero-order chi connectivity index (χ0) is 14.5. The third kappa shape index (κ3) is 3.35. The second-order valence-corrected chi connectivity index (χ2v) is 4.13. The summed E-state index contributed by atoms with van der Waals surface area (Å²) >= 11 is 0. The maximum Gasteiger partial charge on any atom is 0.335 e. The fourth-order valence-corrected chi connectivity index (χ4v) is 1.71. The zero-order valence-corrected chi connectivity index (χ0v) is 10.4. The number of benzene rings is 2. The van der Waals surface area contributed by atoms with Crippen molar-refractivity contribution < 1.29 is 24.5 Å². The van der Waals surface area contributed by atoms with E-state index in [0.29, 0.717) is 11.3 Å². The molecule has 5 nitrogen and oxygen atoms in total. The van der Waals surface area contributed by atoms with Crippen LogP contribution in [0.2, 0.25) is 0 Å². The molecule has 0 aromatic heterocycles. The van der Waals surface area contributed by atoms with Gasteiger partial charge in [0.15, 0.2) is 0 Å². The summed E-state index contributed by atoms with van der Waals surface area (Å²) in [4.78, 5) is 21.9. The van der Waals surface area contributed by atoms with Crippen LogP contribution in [-0.2, 0) is 6.61 Å². The average molecular weight is 272 g/mol. The van der Waals surface area contributed by atoms with Gasteiger partial charge in [-0.15, -0.1) is 0 Å². The number of ether oxygens (including phenoxy) is 1. The molecule has 0 aliphatic carbocycles. The summed E-state index contributed by atoms with van der Waals surface area (Å²) in [5, 5.41) is 17.9. The number of rotatable bonds is 5. The highest BCUT2D eigenvalue weighted by molar-refractivity contribution is 5.94. The Morgan fingerprint density at radius 2 is 1.45 bits per heavy atom. The minimum Gasteiger partial charge on any atom is -0.489 e. The molecule has 0 unspecified atom stereocenters. The molecule has 0 bridgehead atoms. The first-order valence-corrected chi connectivity index (χ1v) is 5.84. The Morgan fingerprint density at radius 3 is 1.95 bits per heavy atom. The molecule has 0 heterocycles. The number of carboxylic acid groups (broad SMARTS) is 2. The average Bonchev–Trinajstić information content (AvgIpc) is 2.45. The molecule has 0 saturated carbocycles. The van der Waals surface area contributed by atoms with Crippen LogP contribution in [0.3, 0.4) is 0 Å². The first-order chi connectivity index (χ1) is 9.56. The maximum atomic E-state index is 11.0. The highest BCUT2D eigenvalue weighted by Gasteiger charge is 2.11. The van der Waals surface area contributed by atoms with Crippen molar-refractivity contribution in [2.24, 2.45) is 0 Å². The second-order valence-electron chi connectivity index (χ2n) is 4.13. The molecule has 0 spiro atoms. The number of para-hydroxylation sites is 1. The van der Waals surface area contributed by atoms with Gasteiger partial charge in [0.2, 0.25) is 0 Å². The van der Waals surface area contributed by atoms with Crippen molar-refractivity contribution in [1.29, 1.82) is 0 Å². The Morgan fingerprint density at radius 1 is 0.900 bits per heavy atom. The zero-order valence-electron chi connectivity index (χ0n) is 10.4. The van der Waals surface area contributed by atoms with E-state index in [-0.39, 0.29) is 17.7 Å². The van der Waals surface area contributed by atoms with Crippen molar-refractivity contribution in [3.8, 4) is 5.75 Å². The minimum atomic E-state index is -1.17. The van der Waals surface area contributed by atoms with Crippen LogP contribution in [-0.4, -0.2) is 22.2 Å². The number of hydrogen-bond acceptors (Lipinski definition) is 3. The molecule has 0 aliphatic rings. The first-order valence-electron chi connectivity index (χ1n) is 5.84. The van der Waals surface area contributed by atoms with Gasteiger partial charge in [0.25, 0.3) is 0 Å². The van der Waals surface area contributed by atoms with E-state index in [4.69, 9.17) is 14.9 Å². The lowest BCUT2D eigenvalue weighted by atomic mass is 10.1. The molecule has 0 atom stereocenters. The van der Waals surface area contributed by atoms with E-state index >= 15 is 0 Å². The Labute approximate surface area is 115 Å². The number of hydrogen-bond donors (Lipinski definition) is 2. The van der Waals surface area contributed by atoms with Crippen molar-refractivity contribution in [1.82, 2.24) is 0 Å². The van der Waals surface area contributed by atoms with Crippen LogP contribution < -0.4 is 4.74 Å². The number of carbonyl (C=O) groups is 2. The molecule has 0 aliphatic heterocycles. The topological polar surface area (TPSA) is 83.8 Å². The summed E-state index contributed by atoms with van der Waals surface area (Å²) in [6.07, 6.45) is 0. The van der Waals surface area contributed by atoms with Gasteiger partial charge in [-0.3, -0.25) is 0 Å². The van der Waals surface area contributed by atoms with Crippen LogP contribution in [0.25, 0.3) is 0 Å². The SMILES string of the molecule is O=C(O)c1cc(COc2ccccc2)cc(C(=O)O)c1. The van der Waals surface area contributed by atoms with Crippen LogP contribution >= 0.6 is 0 Å². The van der Waals surface area contributed by atoms with E-state index in [2.05, 4.69) is 0 Å². The van der Waals surface area contributed by atoms with Gasteiger partial charge in [0, 0.05) is 0 Å². The van der Waals surface area contributed by atoms with Crippen molar-refractivity contribution >= 4 is 11.9 Å². The monoisotopic (exact) mass is 272 g/mol. The summed E-state index contributed by atoms with van der Waals surface area (Å²) in [7, 11) is 0. The molecule has 0 saturated heterocycles. The molecule has 0 amide bonds. The first kappa shape index (κ1) is 13.6. The van der Waals surface area contributed by atoms with Crippen LogP contribution in [0.5, 0.6) is 5.75 Å². The summed E-state index contributed by atoms with van der Waals surface area (Å²) in [5.74, 6) is -1.71. The maximum absolute atomic E-state index is 11.0. The van der Waals surface area contributed by atoms with E-state index in [1.54, 1.807) is 12.1 Å². The van der Waals surface area contributed by atoms with Gasteiger partial charge < -0.3 is 14.9 Å². The Bertz CT molecular complexity index is 602. The molecule has 2 aromatic carbocycles. The standard InChI is InChI=1S/C15H12O5/c16-14(17)11-6-10(7-12(8-11)15(18)19)9-20-13-4-2-1-3-5-13/h1-8H,9H2,(H,16,17)(H,18,19). The second kappa shape index (κ2) is 5.88. The minimum absolute atomic E-state index is 0.0726. The van der Waals surface area contributed by atoms with Gasteiger partial charge in [-0.25, -0.2) is 9.59 Å². The summed E-state index contributed by atoms with van der Waals surface area (Å²) < 4.78 is 5.48. The molecule has 2 aromatic rings. The molecule has 102 valence electrons. The van der Waals surface area contributed by atoms with Crippen LogP contribution in [0.1, 0.15) is 26.3 Å². The van der Waals surface area contributed by atoms with Crippen LogP contribution in [0, 0.1) is 0 Å². The molecule has 0 fully saturated rings. The van der Waals surface area contributed by atoms with E-state index in [1.807, 2.05) is 18.2 Å². The third-order valence-electron chi connectivity index (χ3n) is 2.64. The van der Waals surface area contributed by atoms with Crippen molar-refractivity contribution in [3.63, 3.8) is 0 Å². The Kier molecular flexibility index (Phi) is 4.00. The Hall–Kier alpha value is -2.82.